The van der Waals surface area contributed by atoms with E-state index in [2.05, 4.69) is 19.9 Å². The number of rotatable bonds is 17. The van der Waals surface area contributed by atoms with Crippen molar-refractivity contribution in [1.82, 2.24) is 0 Å². The van der Waals surface area contributed by atoms with Crippen LogP contribution in [0, 0.1) is 11.8 Å². The van der Waals surface area contributed by atoms with Gasteiger partial charge in [-0.1, -0.05) is 116 Å². The van der Waals surface area contributed by atoms with Gasteiger partial charge in [0, 0.05) is 0 Å². The molecule has 0 N–H and O–H groups in total. The highest BCUT2D eigenvalue weighted by Gasteiger charge is 2.36. The summed E-state index contributed by atoms with van der Waals surface area (Å²) in [6, 6.07) is 5.91. The van der Waals surface area contributed by atoms with E-state index in [0.717, 1.165) is 31.6 Å². The third kappa shape index (κ3) is 9.72. The van der Waals surface area contributed by atoms with E-state index < -0.39 is 5.97 Å². The Morgan fingerprint density at radius 3 is 1.87 bits per heavy atom. The van der Waals surface area contributed by atoms with Gasteiger partial charge >= 0.3 is 11.9 Å². The average molecular weight is 527 g/mol. The van der Waals surface area contributed by atoms with Crippen molar-refractivity contribution in [2.24, 2.45) is 11.8 Å². The van der Waals surface area contributed by atoms with Gasteiger partial charge in [0.25, 0.3) is 0 Å². The molecule has 3 atom stereocenters. The topological polar surface area (TPSA) is 52.6 Å². The minimum absolute atomic E-state index is 0.365. The number of esters is 2. The summed E-state index contributed by atoms with van der Waals surface area (Å²) in [6.07, 6.45) is 22.8. The highest BCUT2D eigenvalue weighted by atomic mass is 16.5. The number of carbonyl (C=O) groups is 2. The third-order valence-corrected chi connectivity index (χ3v) is 8.95. The van der Waals surface area contributed by atoms with Gasteiger partial charge in [0.05, 0.1) is 24.3 Å². The van der Waals surface area contributed by atoms with Crippen molar-refractivity contribution in [2.75, 3.05) is 13.2 Å². The van der Waals surface area contributed by atoms with E-state index in [1.807, 2.05) is 12.1 Å². The quantitative estimate of drug-likeness (QED) is 0.150. The molecule has 0 amide bonds. The predicted molar refractivity (Wildman–Crippen MR) is 156 cm³/mol. The maximum absolute atomic E-state index is 13.3. The zero-order valence-electron chi connectivity index (χ0n) is 24.4. The first-order chi connectivity index (χ1) is 18.7. The average Bonchev–Trinajstić information content (AvgIpc) is 2.95. The van der Waals surface area contributed by atoms with Crippen LogP contribution in [0.15, 0.2) is 18.2 Å². The van der Waals surface area contributed by atoms with Gasteiger partial charge in [-0.3, -0.25) is 0 Å². The fourth-order valence-electron chi connectivity index (χ4n) is 6.74. The largest absolute Gasteiger partial charge is 0.462 e. The summed E-state index contributed by atoms with van der Waals surface area (Å²) < 4.78 is 11.3. The summed E-state index contributed by atoms with van der Waals surface area (Å²) >= 11 is 0. The van der Waals surface area contributed by atoms with Crippen molar-refractivity contribution in [3.05, 3.63) is 34.9 Å². The molecule has 38 heavy (non-hydrogen) atoms. The molecular weight excluding hydrogens is 472 g/mol. The van der Waals surface area contributed by atoms with Crippen LogP contribution in [0.4, 0.5) is 0 Å². The molecule has 2 aliphatic carbocycles. The lowest BCUT2D eigenvalue weighted by Crippen LogP contribution is -2.30. The Morgan fingerprint density at radius 1 is 0.658 bits per heavy atom. The van der Waals surface area contributed by atoms with E-state index >= 15 is 0 Å². The summed E-state index contributed by atoms with van der Waals surface area (Å²) in [6.45, 7) is 5.25. The van der Waals surface area contributed by atoms with Crippen molar-refractivity contribution >= 4 is 11.9 Å². The van der Waals surface area contributed by atoms with Crippen LogP contribution in [-0.2, 0) is 9.47 Å². The molecule has 0 aliphatic heterocycles. The lowest BCUT2D eigenvalue weighted by atomic mass is 9.63. The number of benzene rings is 1. The minimum Gasteiger partial charge on any atom is -0.462 e. The van der Waals surface area contributed by atoms with Crippen molar-refractivity contribution in [2.45, 2.75) is 142 Å². The molecule has 1 aromatic carbocycles. The monoisotopic (exact) mass is 526 g/mol. The summed E-state index contributed by atoms with van der Waals surface area (Å²) in [7, 11) is 0. The van der Waals surface area contributed by atoms with Crippen LogP contribution in [0.5, 0.6) is 0 Å². The Kier molecular flexibility index (Phi) is 14.3. The first kappa shape index (κ1) is 30.7. The standard InChI is InChI=1S/C34H54O4/c1-3-5-7-9-11-15-24-37-33(35)31-23-22-28(30-21-17-19-27-18-13-14-20-29(27)30)26-32(31)34(36)38-25-16-12-10-8-6-4-2/h22-23,26-27,29-30H,3-21,24-25H2,1-2H3. The van der Waals surface area contributed by atoms with Gasteiger partial charge < -0.3 is 9.47 Å². The molecular formula is C34H54O4. The number of ether oxygens (including phenoxy) is 2. The lowest BCUT2D eigenvalue weighted by Gasteiger charge is -2.41. The van der Waals surface area contributed by atoms with Gasteiger partial charge in [0.1, 0.15) is 0 Å². The molecule has 0 bridgehead atoms. The summed E-state index contributed by atoms with van der Waals surface area (Å²) in [5.41, 5.74) is 1.98. The van der Waals surface area contributed by atoms with Crippen LogP contribution in [0.3, 0.4) is 0 Å². The number of fused-ring (bicyclic) bond motifs is 1. The minimum atomic E-state index is -0.393. The molecule has 3 unspecified atom stereocenters. The van der Waals surface area contributed by atoms with E-state index in [1.165, 1.54) is 102 Å². The Hall–Kier alpha value is -1.84. The van der Waals surface area contributed by atoms with Gasteiger partial charge in [0.2, 0.25) is 0 Å². The molecule has 214 valence electrons. The maximum Gasteiger partial charge on any atom is 0.339 e. The van der Waals surface area contributed by atoms with E-state index in [0.29, 0.717) is 36.2 Å². The van der Waals surface area contributed by atoms with E-state index in [9.17, 15) is 9.59 Å². The second-order valence-corrected chi connectivity index (χ2v) is 11.9. The molecule has 0 heterocycles. The Morgan fingerprint density at radius 2 is 1.21 bits per heavy atom. The summed E-state index contributed by atoms with van der Waals surface area (Å²) in [4.78, 5) is 26.3. The molecule has 0 radical (unpaired) electrons. The van der Waals surface area contributed by atoms with Crippen LogP contribution < -0.4 is 0 Å². The maximum atomic E-state index is 13.3. The summed E-state index contributed by atoms with van der Waals surface area (Å²) in [5, 5.41) is 0. The lowest BCUT2D eigenvalue weighted by molar-refractivity contribution is 0.0450. The van der Waals surface area contributed by atoms with E-state index in [1.54, 1.807) is 0 Å². The molecule has 0 saturated heterocycles. The van der Waals surface area contributed by atoms with E-state index in [4.69, 9.17) is 9.47 Å². The first-order valence-corrected chi connectivity index (χ1v) is 16.1. The number of hydrogen-bond acceptors (Lipinski definition) is 4. The van der Waals surface area contributed by atoms with Gasteiger partial charge in [-0.15, -0.1) is 0 Å². The number of carbonyl (C=O) groups excluding carboxylic acids is 2. The molecule has 4 heteroatoms. The van der Waals surface area contributed by atoms with Gasteiger partial charge in [-0.25, -0.2) is 9.59 Å². The van der Waals surface area contributed by atoms with Crippen molar-refractivity contribution in [3.63, 3.8) is 0 Å². The number of unbranched alkanes of at least 4 members (excludes halogenated alkanes) is 10. The van der Waals surface area contributed by atoms with Crippen LogP contribution in [0.25, 0.3) is 0 Å². The first-order valence-electron chi connectivity index (χ1n) is 16.1. The fourth-order valence-corrected chi connectivity index (χ4v) is 6.74. The Bertz CT molecular complexity index is 830. The molecule has 0 spiro atoms. The molecule has 4 nitrogen and oxygen atoms in total. The predicted octanol–water partition coefficient (Wildman–Crippen LogP) is 9.80. The van der Waals surface area contributed by atoms with Crippen LogP contribution in [0.1, 0.15) is 168 Å². The third-order valence-electron chi connectivity index (χ3n) is 8.95. The highest BCUT2D eigenvalue weighted by Crippen LogP contribution is 2.48. The van der Waals surface area contributed by atoms with Gasteiger partial charge in [-0.2, -0.15) is 0 Å². The molecule has 0 aromatic heterocycles. The second-order valence-electron chi connectivity index (χ2n) is 11.9. The molecule has 1 aromatic rings. The zero-order valence-corrected chi connectivity index (χ0v) is 24.4. The number of hydrogen-bond donors (Lipinski definition) is 0. The SMILES string of the molecule is CCCCCCCCOC(=O)c1ccc(C2CCCC3CCCCC32)cc1C(=O)OCCCCCCCC. The molecule has 2 saturated carbocycles. The van der Waals surface area contributed by atoms with Gasteiger partial charge in [0.15, 0.2) is 0 Å². The highest BCUT2D eigenvalue weighted by molar-refractivity contribution is 6.03. The van der Waals surface area contributed by atoms with Crippen LogP contribution in [-0.4, -0.2) is 25.2 Å². The fraction of sp³-hybridized carbons (Fsp3) is 0.765. The summed E-state index contributed by atoms with van der Waals surface area (Å²) in [5.74, 6) is 1.23. The van der Waals surface area contributed by atoms with Crippen molar-refractivity contribution in [3.8, 4) is 0 Å². The second kappa shape index (κ2) is 17.7. The Balaban J connectivity index is 1.65. The normalized spacial score (nSPS) is 21.1. The zero-order chi connectivity index (χ0) is 27.0. The molecule has 2 aliphatic rings. The molecule has 2 fully saturated rings. The van der Waals surface area contributed by atoms with Crippen molar-refractivity contribution in [1.29, 1.82) is 0 Å². The van der Waals surface area contributed by atoms with E-state index in [-0.39, 0.29) is 5.97 Å². The Labute approximate surface area is 232 Å². The molecule has 3 rings (SSSR count). The van der Waals surface area contributed by atoms with Crippen LogP contribution >= 0.6 is 0 Å². The van der Waals surface area contributed by atoms with Crippen LogP contribution in [0.2, 0.25) is 0 Å². The smallest absolute Gasteiger partial charge is 0.339 e. The van der Waals surface area contributed by atoms with Gasteiger partial charge in [-0.05, 0) is 61.1 Å². The van der Waals surface area contributed by atoms with Crippen molar-refractivity contribution < 1.29 is 19.1 Å².